The Morgan fingerprint density at radius 1 is 1.50 bits per heavy atom. The van der Waals surface area contributed by atoms with Gasteiger partial charge in [-0.1, -0.05) is 29.4 Å². The van der Waals surface area contributed by atoms with E-state index in [1.165, 1.54) is 17.8 Å². The third-order valence-electron chi connectivity index (χ3n) is 1.85. The number of halogens is 2. The summed E-state index contributed by atoms with van der Waals surface area (Å²) in [5, 5.41) is 7.22. The van der Waals surface area contributed by atoms with E-state index >= 15 is 0 Å². The highest BCUT2D eigenvalue weighted by molar-refractivity contribution is 7.98. The van der Waals surface area contributed by atoms with Gasteiger partial charge in [-0.2, -0.15) is 4.98 Å². The van der Waals surface area contributed by atoms with Crippen LogP contribution in [0.25, 0.3) is 0 Å². The van der Waals surface area contributed by atoms with Crippen molar-refractivity contribution in [3.63, 3.8) is 0 Å². The summed E-state index contributed by atoms with van der Waals surface area (Å²) in [6, 6.07) is 4.57. The maximum absolute atomic E-state index is 13.4. The molecule has 1 aromatic heterocycles. The van der Waals surface area contributed by atoms with Gasteiger partial charge in [-0.25, -0.2) is 9.49 Å². The van der Waals surface area contributed by atoms with Crippen LogP contribution in [-0.2, 0) is 5.75 Å². The number of nitrogen functional groups attached to an aromatic ring is 1. The number of H-pyrrole nitrogens is 1. The van der Waals surface area contributed by atoms with E-state index in [-0.39, 0.29) is 11.8 Å². The van der Waals surface area contributed by atoms with Gasteiger partial charge in [0.15, 0.2) is 0 Å². The number of aromatic amines is 1. The van der Waals surface area contributed by atoms with E-state index < -0.39 is 0 Å². The van der Waals surface area contributed by atoms with E-state index in [9.17, 15) is 4.39 Å². The van der Waals surface area contributed by atoms with Crippen molar-refractivity contribution in [3.8, 4) is 0 Å². The van der Waals surface area contributed by atoms with Gasteiger partial charge in [-0.15, -0.1) is 5.10 Å². The number of nitrogens with zero attached hydrogens (tertiary/aromatic N) is 2. The van der Waals surface area contributed by atoms with E-state index in [1.807, 2.05) is 0 Å². The average Bonchev–Trinajstić information content (AvgIpc) is 2.63. The fourth-order valence-corrected chi connectivity index (χ4v) is 2.05. The number of nitrogens with one attached hydrogen (secondary N) is 1. The van der Waals surface area contributed by atoms with E-state index in [2.05, 4.69) is 15.2 Å². The Morgan fingerprint density at radius 2 is 2.31 bits per heavy atom. The Morgan fingerprint density at radius 3 is 2.94 bits per heavy atom. The predicted octanol–water partition coefficient (Wildman–Crippen LogP) is 2.47. The molecule has 0 unspecified atom stereocenters. The molecule has 7 heteroatoms. The smallest absolute Gasteiger partial charge is 0.216 e. The van der Waals surface area contributed by atoms with Crippen molar-refractivity contribution in [2.24, 2.45) is 0 Å². The van der Waals surface area contributed by atoms with Gasteiger partial charge in [0.05, 0.1) is 0 Å². The summed E-state index contributed by atoms with van der Waals surface area (Å²) in [6.07, 6.45) is 0. The maximum Gasteiger partial charge on any atom is 0.216 e. The lowest BCUT2D eigenvalue weighted by Gasteiger charge is -2.00. The number of rotatable bonds is 3. The zero-order valence-corrected chi connectivity index (χ0v) is 9.65. The molecule has 0 radical (unpaired) electrons. The molecule has 0 saturated carbocycles. The Labute approximate surface area is 100 Å². The molecule has 0 saturated heterocycles. The molecule has 0 fully saturated rings. The first-order valence-electron chi connectivity index (χ1n) is 4.40. The highest BCUT2D eigenvalue weighted by Gasteiger charge is 2.06. The minimum atomic E-state index is -0.330. The van der Waals surface area contributed by atoms with Gasteiger partial charge in [-0.05, 0) is 17.7 Å². The largest absolute Gasteiger partial charge is 0.368 e. The van der Waals surface area contributed by atoms with Crippen LogP contribution < -0.4 is 5.73 Å². The summed E-state index contributed by atoms with van der Waals surface area (Å²) < 4.78 is 13.4. The third-order valence-corrected chi connectivity index (χ3v) is 2.99. The van der Waals surface area contributed by atoms with Crippen molar-refractivity contribution in [2.75, 3.05) is 5.73 Å². The van der Waals surface area contributed by atoms with Gasteiger partial charge in [-0.3, -0.25) is 0 Å². The zero-order chi connectivity index (χ0) is 11.5. The molecule has 2 aromatic rings. The monoisotopic (exact) mass is 258 g/mol. The molecule has 0 aliphatic rings. The highest BCUT2D eigenvalue weighted by Crippen LogP contribution is 2.23. The first-order chi connectivity index (χ1) is 7.65. The molecule has 1 aromatic carbocycles. The average molecular weight is 259 g/mol. The third kappa shape index (κ3) is 2.65. The van der Waals surface area contributed by atoms with Gasteiger partial charge in [0.2, 0.25) is 11.1 Å². The van der Waals surface area contributed by atoms with Gasteiger partial charge in [0.25, 0.3) is 0 Å². The van der Waals surface area contributed by atoms with Crippen LogP contribution in [-0.4, -0.2) is 15.2 Å². The summed E-state index contributed by atoms with van der Waals surface area (Å²) in [7, 11) is 0. The van der Waals surface area contributed by atoms with Gasteiger partial charge < -0.3 is 5.73 Å². The van der Waals surface area contributed by atoms with E-state index in [0.717, 1.165) is 0 Å². The Balaban J connectivity index is 2.04. The second-order valence-electron chi connectivity index (χ2n) is 3.03. The number of thioether (sulfide) groups is 1. The normalized spacial score (nSPS) is 10.6. The molecule has 16 heavy (non-hydrogen) atoms. The molecule has 1 heterocycles. The van der Waals surface area contributed by atoms with E-state index in [0.29, 0.717) is 21.5 Å². The summed E-state index contributed by atoms with van der Waals surface area (Å²) in [4.78, 5) is 3.90. The number of hydrogen-bond donors (Lipinski definition) is 2. The Kier molecular flexibility index (Phi) is 3.31. The molecule has 0 amide bonds. The molecule has 84 valence electrons. The van der Waals surface area contributed by atoms with Crippen LogP contribution in [0, 0.1) is 5.82 Å². The fourth-order valence-electron chi connectivity index (χ4n) is 1.10. The van der Waals surface area contributed by atoms with Crippen molar-refractivity contribution in [2.45, 2.75) is 10.9 Å². The maximum atomic E-state index is 13.4. The molecule has 0 spiro atoms. The van der Waals surface area contributed by atoms with Crippen LogP contribution in [0.5, 0.6) is 0 Å². The SMILES string of the molecule is Nc1nc(SCc2ccc(Cl)cc2F)n[nH]1. The summed E-state index contributed by atoms with van der Waals surface area (Å²) in [6.45, 7) is 0. The van der Waals surface area contributed by atoms with E-state index in [4.69, 9.17) is 17.3 Å². The van der Waals surface area contributed by atoms with Crippen LogP contribution in [0.2, 0.25) is 5.02 Å². The minimum absolute atomic E-state index is 0.249. The van der Waals surface area contributed by atoms with Crippen molar-refractivity contribution >= 4 is 29.3 Å². The van der Waals surface area contributed by atoms with Gasteiger partial charge in [0.1, 0.15) is 5.82 Å². The lowest BCUT2D eigenvalue weighted by Crippen LogP contribution is -1.88. The molecule has 0 aliphatic carbocycles. The number of anilines is 1. The molecule has 0 atom stereocenters. The fraction of sp³-hybridized carbons (Fsp3) is 0.111. The number of hydrogen-bond acceptors (Lipinski definition) is 4. The van der Waals surface area contributed by atoms with E-state index in [1.54, 1.807) is 12.1 Å². The first-order valence-corrected chi connectivity index (χ1v) is 5.76. The summed E-state index contributed by atoms with van der Waals surface area (Å²) >= 11 is 6.94. The molecule has 0 bridgehead atoms. The van der Waals surface area contributed by atoms with Crippen molar-refractivity contribution in [3.05, 3.63) is 34.6 Å². The van der Waals surface area contributed by atoms with Crippen LogP contribution in [0.4, 0.5) is 10.3 Å². The first kappa shape index (κ1) is 11.2. The molecular weight excluding hydrogens is 251 g/mol. The van der Waals surface area contributed by atoms with Gasteiger partial charge in [0, 0.05) is 10.8 Å². The second-order valence-corrected chi connectivity index (χ2v) is 4.41. The molecule has 4 nitrogen and oxygen atoms in total. The predicted molar refractivity (Wildman–Crippen MR) is 61.8 cm³/mol. The number of aromatic nitrogens is 3. The van der Waals surface area contributed by atoms with Crippen LogP contribution in [0.1, 0.15) is 5.56 Å². The topological polar surface area (TPSA) is 67.6 Å². The quantitative estimate of drug-likeness (QED) is 0.830. The van der Waals surface area contributed by atoms with Crippen LogP contribution in [0.3, 0.4) is 0 Å². The van der Waals surface area contributed by atoms with Gasteiger partial charge >= 0.3 is 0 Å². The Bertz CT molecular complexity index is 502. The number of benzene rings is 1. The highest BCUT2D eigenvalue weighted by atomic mass is 35.5. The Hall–Kier alpha value is -1.27. The van der Waals surface area contributed by atoms with Crippen molar-refractivity contribution < 1.29 is 4.39 Å². The second kappa shape index (κ2) is 4.71. The minimum Gasteiger partial charge on any atom is -0.368 e. The number of nitrogens with two attached hydrogens (primary N) is 1. The lowest BCUT2D eigenvalue weighted by molar-refractivity contribution is 0.617. The zero-order valence-electron chi connectivity index (χ0n) is 8.08. The van der Waals surface area contributed by atoms with Crippen molar-refractivity contribution in [1.82, 2.24) is 15.2 Å². The molecule has 0 aliphatic heterocycles. The van der Waals surface area contributed by atoms with Crippen LogP contribution >= 0.6 is 23.4 Å². The van der Waals surface area contributed by atoms with Crippen molar-refractivity contribution in [1.29, 1.82) is 0 Å². The van der Waals surface area contributed by atoms with Crippen LogP contribution in [0.15, 0.2) is 23.4 Å². The summed E-state index contributed by atoms with van der Waals surface area (Å²) in [5.74, 6) is 0.350. The molecule has 3 N–H and O–H groups in total. The standard InChI is InChI=1S/C9H8ClFN4S/c10-6-2-1-5(7(11)3-6)4-16-9-13-8(12)14-15-9/h1-3H,4H2,(H3,12,13,14,15). The molecular formula is C9H8ClFN4S. The summed E-state index contributed by atoms with van der Waals surface area (Å²) in [5.41, 5.74) is 5.92. The molecule has 2 rings (SSSR count). The lowest BCUT2D eigenvalue weighted by atomic mass is 10.2.